The van der Waals surface area contributed by atoms with Gasteiger partial charge in [0, 0.05) is 19.3 Å². The van der Waals surface area contributed by atoms with Crippen molar-refractivity contribution in [2.45, 2.75) is 303 Å². The Morgan fingerprint density at radius 2 is 0.500 bits per heavy atom. The van der Waals surface area contributed by atoms with Crippen molar-refractivity contribution in [3.05, 3.63) is 85.1 Å². The summed E-state index contributed by atoms with van der Waals surface area (Å²) in [6.07, 6.45) is 78.6. The van der Waals surface area contributed by atoms with Crippen LogP contribution >= 0.6 is 0 Å². The van der Waals surface area contributed by atoms with Crippen LogP contribution in [0.5, 0.6) is 0 Å². The molecule has 6 heteroatoms. The molecular formula is C66H114O6. The molecule has 0 saturated carbocycles. The molecular weight excluding hydrogens is 889 g/mol. The molecule has 0 saturated heterocycles. The number of ether oxygens (including phenoxy) is 3. The van der Waals surface area contributed by atoms with E-state index in [2.05, 4.69) is 106 Å². The molecule has 0 radical (unpaired) electrons. The molecule has 0 bridgehead atoms. The van der Waals surface area contributed by atoms with Crippen molar-refractivity contribution in [3.63, 3.8) is 0 Å². The SMILES string of the molecule is CCCCC/C=C/C/C=C/C/C=C/C/C=C/CCCCCC(=O)OC[C@@H](COC(=O)CCCCCC/C=C/C/C=C/C/C=C/CCCCC)OC(=O)CCCCCCCCCCCCCCCCCCCC. The molecule has 0 amide bonds. The summed E-state index contributed by atoms with van der Waals surface area (Å²) in [5, 5.41) is 0. The minimum atomic E-state index is -0.799. The summed E-state index contributed by atoms with van der Waals surface area (Å²) < 4.78 is 16.9. The molecule has 0 fully saturated rings. The monoisotopic (exact) mass is 1000 g/mol. The van der Waals surface area contributed by atoms with Gasteiger partial charge in [0.2, 0.25) is 0 Å². The fourth-order valence-electron chi connectivity index (χ4n) is 8.49. The lowest BCUT2D eigenvalue weighted by molar-refractivity contribution is -0.167. The largest absolute Gasteiger partial charge is 0.462 e. The number of rotatable bonds is 55. The van der Waals surface area contributed by atoms with Gasteiger partial charge in [-0.2, -0.15) is 0 Å². The topological polar surface area (TPSA) is 78.9 Å². The summed E-state index contributed by atoms with van der Waals surface area (Å²) in [6.45, 7) is 6.57. The van der Waals surface area contributed by atoms with Gasteiger partial charge in [0.15, 0.2) is 6.10 Å². The van der Waals surface area contributed by atoms with E-state index < -0.39 is 6.10 Å². The van der Waals surface area contributed by atoms with Crippen molar-refractivity contribution in [1.29, 1.82) is 0 Å². The van der Waals surface area contributed by atoms with E-state index in [1.165, 1.54) is 148 Å². The maximum absolute atomic E-state index is 12.9. The van der Waals surface area contributed by atoms with Crippen LogP contribution in [-0.2, 0) is 28.6 Å². The van der Waals surface area contributed by atoms with E-state index in [4.69, 9.17) is 14.2 Å². The molecule has 0 N–H and O–H groups in total. The highest BCUT2D eigenvalue weighted by Gasteiger charge is 2.19. The second-order valence-corrected chi connectivity index (χ2v) is 20.3. The lowest BCUT2D eigenvalue weighted by Gasteiger charge is -2.18. The van der Waals surface area contributed by atoms with Crippen LogP contribution in [-0.4, -0.2) is 37.2 Å². The smallest absolute Gasteiger partial charge is 0.306 e. The van der Waals surface area contributed by atoms with Crippen molar-refractivity contribution in [2.75, 3.05) is 13.2 Å². The van der Waals surface area contributed by atoms with E-state index in [9.17, 15) is 14.4 Å². The van der Waals surface area contributed by atoms with E-state index in [0.717, 1.165) is 109 Å². The summed E-state index contributed by atoms with van der Waals surface area (Å²) in [7, 11) is 0. The normalized spacial score (nSPS) is 12.7. The van der Waals surface area contributed by atoms with Crippen LogP contribution < -0.4 is 0 Å². The maximum Gasteiger partial charge on any atom is 0.306 e. The average Bonchev–Trinajstić information content (AvgIpc) is 3.38. The van der Waals surface area contributed by atoms with Crippen molar-refractivity contribution < 1.29 is 28.6 Å². The lowest BCUT2D eigenvalue weighted by Crippen LogP contribution is -2.30. The van der Waals surface area contributed by atoms with Gasteiger partial charge in [0.1, 0.15) is 13.2 Å². The summed E-state index contributed by atoms with van der Waals surface area (Å²) >= 11 is 0. The Kier molecular flexibility index (Phi) is 57.3. The van der Waals surface area contributed by atoms with E-state index in [0.29, 0.717) is 19.3 Å². The van der Waals surface area contributed by atoms with Crippen LogP contribution in [0.1, 0.15) is 297 Å². The number of esters is 3. The van der Waals surface area contributed by atoms with Gasteiger partial charge in [-0.15, -0.1) is 0 Å². The number of carbonyl (C=O) groups is 3. The number of carbonyl (C=O) groups excluding carboxylic acids is 3. The van der Waals surface area contributed by atoms with Crippen LogP contribution in [0.15, 0.2) is 85.1 Å². The van der Waals surface area contributed by atoms with E-state index in [-0.39, 0.29) is 31.1 Å². The molecule has 0 aromatic rings. The Hall–Kier alpha value is -3.41. The molecule has 72 heavy (non-hydrogen) atoms. The number of allylic oxidation sites excluding steroid dienone is 14. The van der Waals surface area contributed by atoms with Gasteiger partial charge in [-0.05, 0) is 103 Å². The third-order valence-electron chi connectivity index (χ3n) is 13.1. The van der Waals surface area contributed by atoms with Gasteiger partial charge < -0.3 is 14.2 Å². The number of unbranched alkanes of at least 4 members (excludes halogenated alkanes) is 30. The molecule has 1 atom stereocenters. The molecule has 0 spiro atoms. The second-order valence-electron chi connectivity index (χ2n) is 20.3. The van der Waals surface area contributed by atoms with Crippen molar-refractivity contribution in [3.8, 4) is 0 Å². The molecule has 0 aliphatic rings. The number of hydrogen-bond donors (Lipinski definition) is 0. The molecule has 0 rings (SSSR count). The first-order valence-corrected chi connectivity index (χ1v) is 30.6. The van der Waals surface area contributed by atoms with Gasteiger partial charge in [-0.25, -0.2) is 0 Å². The summed E-state index contributed by atoms with van der Waals surface area (Å²) in [4.78, 5) is 38.3. The minimum Gasteiger partial charge on any atom is -0.462 e. The third kappa shape index (κ3) is 57.5. The fraction of sp³-hybridized carbons (Fsp3) is 0.742. The van der Waals surface area contributed by atoms with Crippen LogP contribution in [0.25, 0.3) is 0 Å². The van der Waals surface area contributed by atoms with E-state index >= 15 is 0 Å². The summed E-state index contributed by atoms with van der Waals surface area (Å²) in [6, 6.07) is 0. The zero-order valence-electron chi connectivity index (χ0n) is 47.4. The van der Waals surface area contributed by atoms with Crippen molar-refractivity contribution in [1.82, 2.24) is 0 Å². The Morgan fingerprint density at radius 1 is 0.278 bits per heavy atom. The molecule has 0 aliphatic heterocycles. The average molecular weight is 1000 g/mol. The highest BCUT2D eigenvalue weighted by molar-refractivity contribution is 5.71. The van der Waals surface area contributed by atoms with E-state index in [1.54, 1.807) is 0 Å². The van der Waals surface area contributed by atoms with Gasteiger partial charge in [0.05, 0.1) is 0 Å². The summed E-state index contributed by atoms with van der Waals surface area (Å²) in [5.74, 6) is -0.936. The second kappa shape index (κ2) is 60.1. The zero-order valence-corrected chi connectivity index (χ0v) is 47.4. The highest BCUT2D eigenvalue weighted by Crippen LogP contribution is 2.16. The van der Waals surface area contributed by atoms with Gasteiger partial charge in [-0.1, -0.05) is 260 Å². The first kappa shape index (κ1) is 68.6. The molecule has 0 aliphatic carbocycles. The Labute approximate surface area is 445 Å². The Morgan fingerprint density at radius 3 is 0.819 bits per heavy atom. The Bertz CT molecular complexity index is 1380. The molecule has 414 valence electrons. The van der Waals surface area contributed by atoms with Gasteiger partial charge in [-0.3, -0.25) is 14.4 Å². The van der Waals surface area contributed by atoms with Crippen LogP contribution in [0.4, 0.5) is 0 Å². The Balaban J connectivity index is 4.47. The maximum atomic E-state index is 12.9. The van der Waals surface area contributed by atoms with Crippen LogP contribution in [0.2, 0.25) is 0 Å². The van der Waals surface area contributed by atoms with E-state index in [1.807, 2.05) is 0 Å². The lowest BCUT2D eigenvalue weighted by atomic mass is 10.0. The fourth-order valence-corrected chi connectivity index (χ4v) is 8.49. The third-order valence-corrected chi connectivity index (χ3v) is 13.1. The first-order chi connectivity index (χ1) is 35.5. The van der Waals surface area contributed by atoms with Crippen LogP contribution in [0, 0.1) is 0 Å². The van der Waals surface area contributed by atoms with Gasteiger partial charge in [0.25, 0.3) is 0 Å². The van der Waals surface area contributed by atoms with Crippen molar-refractivity contribution >= 4 is 17.9 Å². The first-order valence-electron chi connectivity index (χ1n) is 30.6. The number of hydrogen-bond acceptors (Lipinski definition) is 6. The van der Waals surface area contributed by atoms with Gasteiger partial charge >= 0.3 is 17.9 Å². The standard InChI is InChI=1S/C66H114O6/c1-4-7-10-13-16-19-22-25-28-31-33-36-38-41-44-47-50-53-56-59-65(68)71-62-63(61-70-64(67)58-55-52-49-46-43-40-37-34-30-27-24-21-18-15-12-9-6-3)72-66(69)60-57-54-51-48-45-42-39-35-32-29-26-23-20-17-14-11-8-5-2/h16,18-19,21,25,27-28,30,33,36-37,40-41,44,63H,4-15,17,20,22-24,26,29,31-32,34-35,38-39,42-43,45-62H2,1-3H3/b19-16+,21-18+,28-25+,30-27+,36-33+,40-37+,44-41+/t63-/m1/s1. The predicted octanol–water partition coefficient (Wildman–Crippen LogP) is 20.7. The quantitative estimate of drug-likeness (QED) is 0.0261. The predicted molar refractivity (Wildman–Crippen MR) is 311 cm³/mol. The molecule has 6 nitrogen and oxygen atoms in total. The molecule has 0 aromatic carbocycles. The molecule has 0 unspecified atom stereocenters. The summed E-state index contributed by atoms with van der Waals surface area (Å²) in [5.41, 5.74) is 0. The molecule has 0 aromatic heterocycles. The van der Waals surface area contributed by atoms with Crippen LogP contribution in [0.3, 0.4) is 0 Å². The van der Waals surface area contributed by atoms with Crippen molar-refractivity contribution in [2.24, 2.45) is 0 Å². The highest BCUT2D eigenvalue weighted by atomic mass is 16.6. The minimum absolute atomic E-state index is 0.0967. The molecule has 0 heterocycles. The zero-order chi connectivity index (χ0) is 52.2.